The van der Waals surface area contributed by atoms with Crippen LogP contribution >= 0.6 is 11.6 Å². The first-order valence-corrected chi connectivity index (χ1v) is 6.16. The van der Waals surface area contributed by atoms with Crippen molar-refractivity contribution < 1.29 is 14.3 Å². The van der Waals surface area contributed by atoms with Gasteiger partial charge >= 0.3 is 0 Å². The van der Waals surface area contributed by atoms with Crippen LogP contribution < -0.4 is 10.1 Å². The normalized spacial score (nSPS) is 12.0. The minimum absolute atomic E-state index is 0.184. The molecule has 5 heteroatoms. The molecule has 100 valence electrons. The number of hydrogen-bond acceptors (Lipinski definition) is 3. The standard InChI is InChI=1S/C13H18ClNO3/c1-9-4-5-10(6-12(9)18-3)13(16)15-11(7-14)8-17-2/h4-6,11H,7-8H2,1-3H3,(H,15,16). The molecule has 0 radical (unpaired) electrons. The fraction of sp³-hybridized carbons (Fsp3) is 0.462. The van der Waals surface area contributed by atoms with Crippen LogP contribution in [0, 0.1) is 6.92 Å². The van der Waals surface area contributed by atoms with Gasteiger partial charge in [0.25, 0.3) is 5.91 Å². The van der Waals surface area contributed by atoms with Gasteiger partial charge in [-0.3, -0.25) is 4.79 Å². The number of hydrogen-bond donors (Lipinski definition) is 1. The maximum Gasteiger partial charge on any atom is 0.251 e. The largest absolute Gasteiger partial charge is 0.496 e. The molecule has 0 aliphatic heterocycles. The number of alkyl halides is 1. The Labute approximate surface area is 112 Å². The number of aryl methyl sites for hydroxylation is 1. The summed E-state index contributed by atoms with van der Waals surface area (Å²) in [5, 5.41) is 2.80. The van der Waals surface area contributed by atoms with E-state index < -0.39 is 0 Å². The summed E-state index contributed by atoms with van der Waals surface area (Å²) in [6.45, 7) is 2.31. The number of halogens is 1. The van der Waals surface area contributed by atoms with Crippen LogP contribution in [0.3, 0.4) is 0 Å². The highest BCUT2D eigenvalue weighted by atomic mass is 35.5. The first-order chi connectivity index (χ1) is 8.62. The second-order valence-corrected chi connectivity index (χ2v) is 4.27. The number of carbonyl (C=O) groups excluding carboxylic acids is 1. The van der Waals surface area contributed by atoms with E-state index in [9.17, 15) is 4.79 Å². The molecule has 0 saturated heterocycles. The van der Waals surface area contributed by atoms with E-state index in [0.717, 1.165) is 5.56 Å². The minimum Gasteiger partial charge on any atom is -0.496 e. The van der Waals surface area contributed by atoms with Gasteiger partial charge in [0.1, 0.15) is 5.75 Å². The lowest BCUT2D eigenvalue weighted by Crippen LogP contribution is -2.39. The highest BCUT2D eigenvalue weighted by molar-refractivity contribution is 6.18. The van der Waals surface area contributed by atoms with Gasteiger partial charge in [-0.05, 0) is 24.6 Å². The zero-order valence-electron chi connectivity index (χ0n) is 10.8. The molecule has 4 nitrogen and oxygen atoms in total. The summed E-state index contributed by atoms with van der Waals surface area (Å²) in [6, 6.07) is 5.12. The average molecular weight is 272 g/mol. The van der Waals surface area contributed by atoms with E-state index >= 15 is 0 Å². The Bertz CT molecular complexity index is 409. The quantitative estimate of drug-likeness (QED) is 0.805. The number of amides is 1. The summed E-state index contributed by atoms with van der Waals surface area (Å²) in [7, 11) is 3.15. The van der Waals surface area contributed by atoms with Gasteiger partial charge in [-0.2, -0.15) is 0 Å². The van der Waals surface area contributed by atoms with E-state index in [-0.39, 0.29) is 11.9 Å². The lowest BCUT2D eigenvalue weighted by atomic mass is 10.1. The first-order valence-electron chi connectivity index (χ1n) is 5.62. The van der Waals surface area contributed by atoms with E-state index in [1.807, 2.05) is 13.0 Å². The Hall–Kier alpha value is -1.26. The van der Waals surface area contributed by atoms with Crippen molar-refractivity contribution in [3.05, 3.63) is 29.3 Å². The third-order valence-electron chi connectivity index (χ3n) is 2.56. The van der Waals surface area contributed by atoms with Gasteiger partial charge in [-0.15, -0.1) is 11.6 Å². The molecule has 1 aromatic carbocycles. The van der Waals surface area contributed by atoms with Crippen LogP contribution in [0.2, 0.25) is 0 Å². The summed E-state index contributed by atoms with van der Waals surface area (Å²) >= 11 is 5.74. The lowest BCUT2D eigenvalue weighted by Gasteiger charge is -2.15. The third-order valence-corrected chi connectivity index (χ3v) is 2.93. The molecule has 1 amide bonds. The lowest BCUT2D eigenvalue weighted by molar-refractivity contribution is 0.0906. The minimum atomic E-state index is -0.198. The number of nitrogens with one attached hydrogen (secondary N) is 1. The van der Waals surface area contributed by atoms with E-state index in [1.165, 1.54) is 0 Å². The van der Waals surface area contributed by atoms with E-state index in [4.69, 9.17) is 21.1 Å². The summed E-state index contributed by atoms with van der Waals surface area (Å²) in [5.41, 5.74) is 1.53. The highest BCUT2D eigenvalue weighted by Gasteiger charge is 2.13. The van der Waals surface area contributed by atoms with Crippen molar-refractivity contribution in [3.8, 4) is 5.75 Å². The van der Waals surface area contributed by atoms with Crippen molar-refractivity contribution >= 4 is 17.5 Å². The Kier molecular flexibility index (Phi) is 5.95. The van der Waals surface area contributed by atoms with E-state index in [1.54, 1.807) is 26.4 Å². The zero-order valence-corrected chi connectivity index (χ0v) is 11.6. The number of benzene rings is 1. The molecule has 0 bridgehead atoms. The van der Waals surface area contributed by atoms with Gasteiger partial charge in [0.2, 0.25) is 0 Å². The number of rotatable bonds is 6. The Morgan fingerprint density at radius 1 is 1.44 bits per heavy atom. The Balaban J connectivity index is 2.77. The second-order valence-electron chi connectivity index (χ2n) is 3.96. The summed E-state index contributed by atoms with van der Waals surface area (Å²) in [6.07, 6.45) is 0. The molecule has 1 aromatic rings. The molecule has 1 N–H and O–H groups in total. The van der Waals surface area contributed by atoms with Gasteiger partial charge in [0.05, 0.1) is 19.8 Å². The van der Waals surface area contributed by atoms with Crippen LogP contribution in [0.1, 0.15) is 15.9 Å². The van der Waals surface area contributed by atoms with E-state index in [2.05, 4.69) is 5.32 Å². The molecule has 0 spiro atoms. The molecular formula is C13H18ClNO3. The van der Waals surface area contributed by atoms with Crippen LogP contribution in [-0.4, -0.2) is 38.7 Å². The van der Waals surface area contributed by atoms with Crippen molar-refractivity contribution in [1.29, 1.82) is 0 Å². The summed E-state index contributed by atoms with van der Waals surface area (Å²) < 4.78 is 10.2. The average Bonchev–Trinajstić information content (AvgIpc) is 2.38. The fourth-order valence-corrected chi connectivity index (χ4v) is 1.72. The van der Waals surface area contributed by atoms with E-state index in [0.29, 0.717) is 23.8 Å². The van der Waals surface area contributed by atoms with Crippen LogP contribution in [0.15, 0.2) is 18.2 Å². The molecule has 1 atom stereocenters. The van der Waals surface area contributed by atoms with Crippen LogP contribution in [-0.2, 0) is 4.74 Å². The fourth-order valence-electron chi connectivity index (χ4n) is 1.56. The van der Waals surface area contributed by atoms with Crippen molar-refractivity contribution in [2.75, 3.05) is 26.7 Å². The zero-order chi connectivity index (χ0) is 13.5. The predicted octanol–water partition coefficient (Wildman–Crippen LogP) is 1.99. The number of methoxy groups -OCH3 is 2. The first kappa shape index (κ1) is 14.8. The molecule has 0 heterocycles. The molecule has 0 saturated carbocycles. The molecule has 18 heavy (non-hydrogen) atoms. The van der Waals surface area contributed by atoms with Crippen LogP contribution in [0.25, 0.3) is 0 Å². The summed E-state index contributed by atoms with van der Waals surface area (Å²) in [4.78, 5) is 12.0. The SMILES string of the molecule is COCC(CCl)NC(=O)c1ccc(C)c(OC)c1. The van der Waals surface area contributed by atoms with Gasteiger partial charge in [0, 0.05) is 18.6 Å². The number of carbonyl (C=O) groups is 1. The Morgan fingerprint density at radius 3 is 2.72 bits per heavy atom. The molecule has 0 aromatic heterocycles. The number of ether oxygens (including phenoxy) is 2. The molecule has 1 rings (SSSR count). The molecule has 0 fully saturated rings. The third kappa shape index (κ3) is 3.89. The maximum absolute atomic E-state index is 12.0. The van der Waals surface area contributed by atoms with Crippen molar-refractivity contribution in [2.24, 2.45) is 0 Å². The van der Waals surface area contributed by atoms with Gasteiger partial charge < -0.3 is 14.8 Å². The van der Waals surface area contributed by atoms with Crippen molar-refractivity contribution in [1.82, 2.24) is 5.32 Å². The van der Waals surface area contributed by atoms with Crippen LogP contribution in [0.5, 0.6) is 5.75 Å². The predicted molar refractivity (Wildman–Crippen MR) is 71.6 cm³/mol. The maximum atomic E-state index is 12.0. The molecule has 1 unspecified atom stereocenters. The smallest absolute Gasteiger partial charge is 0.251 e. The second kappa shape index (κ2) is 7.24. The highest BCUT2D eigenvalue weighted by Crippen LogP contribution is 2.18. The van der Waals surface area contributed by atoms with Crippen LogP contribution in [0.4, 0.5) is 0 Å². The molecular weight excluding hydrogens is 254 g/mol. The Morgan fingerprint density at radius 2 is 2.17 bits per heavy atom. The van der Waals surface area contributed by atoms with Gasteiger partial charge in [-0.1, -0.05) is 6.07 Å². The van der Waals surface area contributed by atoms with Crippen molar-refractivity contribution in [2.45, 2.75) is 13.0 Å². The topological polar surface area (TPSA) is 47.6 Å². The van der Waals surface area contributed by atoms with Gasteiger partial charge in [-0.25, -0.2) is 0 Å². The summed E-state index contributed by atoms with van der Waals surface area (Å²) in [5.74, 6) is 0.815. The molecule has 0 aliphatic rings. The monoisotopic (exact) mass is 271 g/mol. The van der Waals surface area contributed by atoms with Gasteiger partial charge in [0.15, 0.2) is 0 Å². The van der Waals surface area contributed by atoms with Crippen molar-refractivity contribution in [3.63, 3.8) is 0 Å². The molecule has 0 aliphatic carbocycles.